The SMILES string of the molecule is CCOC(=O)CCOC(=O)c1ccc(COc2ccc3ccccc3c2)o1. The molecular weight excluding hydrogens is 348 g/mol. The van der Waals surface area contributed by atoms with Crippen LogP contribution in [0.25, 0.3) is 10.8 Å². The third-order valence-electron chi connectivity index (χ3n) is 3.81. The Bertz CT molecular complexity index is 927. The van der Waals surface area contributed by atoms with E-state index in [-0.39, 0.29) is 25.4 Å². The third-order valence-corrected chi connectivity index (χ3v) is 3.81. The summed E-state index contributed by atoms with van der Waals surface area (Å²) in [7, 11) is 0. The van der Waals surface area contributed by atoms with Gasteiger partial charge in [-0.05, 0) is 42.0 Å². The van der Waals surface area contributed by atoms with Crippen molar-refractivity contribution >= 4 is 22.7 Å². The first kappa shape index (κ1) is 18.5. The molecule has 0 N–H and O–H groups in total. The van der Waals surface area contributed by atoms with Gasteiger partial charge in [-0.1, -0.05) is 30.3 Å². The topological polar surface area (TPSA) is 75.0 Å². The molecule has 1 aromatic heterocycles. The van der Waals surface area contributed by atoms with Gasteiger partial charge in [-0.25, -0.2) is 4.79 Å². The largest absolute Gasteiger partial charge is 0.486 e. The molecular formula is C21H20O6. The lowest BCUT2D eigenvalue weighted by molar-refractivity contribution is -0.143. The van der Waals surface area contributed by atoms with Crippen molar-refractivity contribution in [2.24, 2.45) is 0 Å². The van der Waals surface area contributed by atoms with E-state index < -0.39 is 11.9 Å². The number of ether oxygens (including phenoxy) is 3. The van der Waals surface area contributed by atoms with E-state index in [9.17, 15) is 9.59 Å². The van der Waals surface area contributed by atoms with Gasteiger partial charge in [0.25, 0.3) is 0 Å². The lowest BCUT2D eigenvalue weighted by atomic mass is 10.1. The Morgan fingerprint density at radius 2 is 1.78 bits per heavy atom. The van der Waals surface area contributed by atoms with Gasteiger partial charge in [0.1, 0.15) is 24.7 Å². The van der Waals surface area contributed by atoms with E-state index in [4.69, 9.17) is 18.6 Å². The van der Waals surface area contributed by atoms with Crippen LogP contribution in [-0.2, 0) is 20.9 Å². The molecule has 0 bridgehead atoms. The van der Waals surface area contributed by atoms with E-state index in [1.807, 2.05) is 42.5 Å². The van der Waals surface area contributed by atoms with Crippen LogP contribution in [0.1, 0.15) is 29.7 Å². The molecule has 0 atom stereocenters. The van der Waals surface area contributed by atoms with Crippen LogP contribution in [-0.4, -0.2) is 25.2 Å². The van der Waals surface area contributed by atoms with Gasteiger partial charge in [0.2, 0.25) is 5.76 Å². The Morgan fingerprint density at radius 1 is 0.963 bits per heavy atom. The lowest BCUT2D eigenvalue weighted by Gasteiger charge is -2.06. The molecule has 0 radical (unpaired) electrons. The highest BCUT2D eigenvalue weighted by Crippen LogP contribution is 2.21. The summed E-state index contributed by atoms with van der Waals surface area (Å²) in [5.41, 5.74) is 0. The van der Waals surface area contributed by atoms with Crippen molar-refractivity contribution < 1.29 is 28.2 Å². The van der Waals surface area contributed by atoms with E-state index in [1.54, 1.807) is 13.0 Å². The highest BCUT2D eigenvalue weighted by molar-refractivity contribution is 5.86. The molecule has 0 fully saturated rings. The fourth-order valence-corrected chi connectivity index (χ4v) is 2.51. The smallest absolute Gasteiger partial charge is 0.374 e. The summed E-state index contributed by atoms with van der Waals surface area (Å²) >= 11 is 0. The van der Waals surface area contributed by atoms with Crippen molar-refractivity contribution in [2.45, 2.75) is 20.0 Å². The van der Waals surface area contributed by atoms with Gasteiger partial charge < -0.3 is 18.6 Å². The van der Waals surface area contributed by atoms with Gasteiger partial charge in [-0.2, -0.15) is 0 Å². The van der Waals surface area contributed by atoms with Gasteiger partial charge in [-0.15, -0.1) is 0 Å². The van der Waals surface area contributed by atoms with Gasteiger partial charge in [0.05, 0.1) is 13.0 Å². The van der Waals surface area contributed by atoms with Crippen LogP contribution in [0.15, 0.2) is 59.0 Å². The zero-order valence-corrected chi connectivity index (χ0v) is 15.0. The summed E-state index contributed by atoms with van der Waals surface area (Å²) in [5.74, 6) is 0.241. The maximum Gasteiger partial charge on any atom is 0.374 e. The highest BCUT2D eigenvalue weighted by atomic mass is 16.6. The van der Waals surface area contributed by atoms with E-state index in [1.165, 1.54) is 6.07 Å². The Labute approximate surface area is 156 Å². The van der Waals surface area contributed by atoms with Gasteiger partial charge in [-0.3, -0.25) is 4.79 Å². The van der Waals surface area contributed by atoms with Crippen molar-refractivity contribution in [3.8, 4) is 5.75 Å². The number of rotatable bonds is 8. The van der Waals surface area contributed by atoms with Gasteiger partial charge in [0.15, 0.2) is 0 Å². The number of hydrogen-bond acceptors (Lipinski definition) is 6. The summed E-state index contributed by atoms with van der Waals surface area (Å²) < 4.78 is 20.9. The second-order valence-corrected chi connectivity index (χ2v) is 5.75. The quantitative estimate of drug-likeness (QED) is 0.557. The minimum Gasteiger partial charge on any atom is -0.486 e. The molecule has 6 heteroatoms. The van der Waals surface area contributed by atoms with Crippen LogP contribution < -0.4 is 4.74 Å². The van der Waals surface area contributed by atoms with Crippen LogP contribution in [0.3, 0.4) is 0 Å². The Morgan fingerprint density at radius 3 is 2.59 bits per heavy atom. The number of carbonyl (C=O) groups excluding carboxylic acids is 2. The normalized spacial score (nSPS) is 10.6. The van der Waals surface area contributed by atoms with Gasteiger partial charge >= 0.3 is 11.9 Å². The van der Waals surface area contributed by atoms with Gasteiger partial charge in [0, 0.05) is 0 Å². The molecule has 140 valence electrons. The van der Waals surface area contributed by atoms with Crippen LogP contribution >= 0.6 is 0 Å². The van der Waals surface area contributed by atoms with Crippen LogP contribution in [0.2, 0.25) is 0 Å². The molecule has 0 saturated heterocycles. The van der Waals surface area contributed by atoms with Crippen LogP contribution in [0.4, 0.5) is 0 Å². The van der Waals surface area contributed by atoms with Crippen molar-refractivity contribution in [3.63, 3.8) is 0 Å². The highest BCUT2D eigenvalue weighted by Gasteiger charge is 2.14. The van der Waals surface area contributed by atoms with E-state index in [0.717, 1.165) is 10.8 Å². The molecule has 0 aliphatic heterocycles. The molecule has 1 heterocycles. The third kappa shape index (κ3) is 5.10. The zero-order chi connectivity index (χ0) is 19.1. The summed E-state index contributed by atoms with van der Waals surface area (Å²) in [6.07, 6.45) is 0.0121. The van der Waals surface area contributed by atoms with Crippen molar-refractivity contribution in [3.05, 3.63) is 66.1 Å². The molecule has 0 unspecified atom stereocenters. The molecule has 0 aliphatic rings. The number of esters is 2. The minimum absolute atomic E-state index is 0.0121. The average Bonchev–Trinajstić information content (AvgIpc) is 3.15. The molecule has 3 aromatic rings. The maximum absolute atomic E-state index is 11.9. The van der Waals surface area contributed by atoms with Crippen LogP contribution in [0.5, 0.6) is 5.75 Å². The predicted octanol–water partition coefficient (Wildman–Crippen LogP) is 4.12. The summed E-state index contributed by atoms with van der Waals surface area (Å²) in [6.45, 7) is 2.15. The first-order valence-corrected chi connectivity index (χ1v) is 8.69. The Kier molecular flexibility index (Phi) is 6.10. The number of carbonyl (C=O) groups is 2. The zero-order valence-electron chi connectivity index (χ0n) is 15.0. The standard InChI is InChI=1S/C21H20O6/c1-2-24-20(22)11-12-25-21(23)19-10-9-18(27-19)14-26-17-8-7-15-5-3-4-6-16(15)13-17/h3-10,13H,2,11-12,14H2,1H3. The summed E-state index contributed by atoms with van der Waals surface area (Å²) in [6, 6.07) is 17.0. The molecule has 0 amide bonds. The molecule has 3 rings (SSSR count). The average molecular weight is 368 g/mol. The van der Waals surface area contributed by atoms with Crippen LogP contribution in [0, 0.1) is 0 Å². The number of hydrogen-bond donors (Lipinski definition) is 0. The molecule has 0 spiro atoms. The Hall–Kier alpha value is -3.28. The van der Waals surface area contributed by atoms with Crippen molar-refractivity contribution in [1.29, 1.82) is 0 Å². The summed E-state index contributed by atoms with van der Waals surface area (Å²) in [5, 5.41) is 2.22. The first-order chi connectivity index (χ1) is 13.2. The molecule has 0 saturated carbocycles. The number of benzene rings is 2. The predicted molar refractivity (Wildman–Crippen MR) is 98.5 cm³/mol. The number of fused-ring (bicyclic) bond motifs is 1. The fraction of sp³-hybridized carbons (Fsp3) is 0.238. The molecule has 6 nitrogen and oxygen atoms in total. The Balaban J connectivity index is 1.51. The second kappa shape index (κ2) is 8.89. The lowest BCUT2D eigenvalue weighted by Crippen LogP contribution is -2.11. The summed E-state index contributed by atoms with van der Waals surface area (Å²) in [4.78, 5) is 23.1. The minimum atomic E-state index is -0.628. The van der Waals surface area contributed by atoms with E-state index in [2.05, 4.69) is 0 Å². The number of furan rings is 1. The van der Waals surface area contributed by atoms with E-state index >= 15 is 0 Å². The molecule has 2 aromatic carbocycles. The van der Waals surface area contributed by atoms with E-state index in [0.29, 0.717) is 18.1 Å². The van der Waals surface area contributed by atoms with Crippen molar-refractivity contribution in [2.75, 3.05) is 13.2 Å². The maximum atomic E-state index is 11.9. The molecule has 27 heavy (non-hydrogen) atoms. The van der Waals surface area contributed by atoms with Crippen molar-refractivity contribution in [1.82, 2.24) is 0 Å². The monoisotopic (exact) mass is 368 g/mol. The second-order valence-electron chi connectivity index (χ2n) is 5.75. The first-order valence-electron chi connectivity index (χ1n) is 8.69. The molecule has 0 aliphatic carbocycles. The fourth-order valence-electron chi connectivity index (χ4n) is 2.51.